The van der Waals surface area contributed by atoms with Crippen molar-refractivity contribution in [1.29, 1.82) is 0 Å². The van der Waals surface area contributed by atoms with Gasteiger partial charge < -0.3 is 24.3 Å². The molecular weight excluding hydrogens is 362 g/mol. The normalized spacial score (nSPS) is 10.1. The average molecular weight is 387 g/mol. The minimum absolute atomic E-state index is 0.172. The number of esters is 1. The van der Waals surface area contributed by atoms with Gasteiger partial charge in [0.05, 0.1) is 33.5 Å². The quantitative estimate of drug-likeness (QED) is 0.664. The van der Waals surface area contributed by atoms with Crippen molar-refractivity contribution < 1.29 is 28.5 Å². The first-order valence-electron chi connectivity index (χ1n) is 8.88. The van der Waals surface area contributed by atoms with E-state index in [0.717, 1.165) is 5.56 Å². The van der Waals surface area contributed by atoms with Gasteiger partial charge in [-0.1, -0.05) is 6.07 Å². The number of amides is 1. The van der Waals surface area contributed by atoms with Crippen LogP contribution < -0.4 is 19.5 Å². The summed E-state index contributed by atoms with van der Waals surface area (Å²) < 4.78 is 20.9. The third-order valence-electron chi connectivity index (χ3n) is 4.02. The Balaban J connectivity index is 2.03. The highest BCUT2D eigenvalue weighted by molar-refractivity contribution is 5.94. The van der Waals surface area contributed by atoms with Crippen LogP contribution in [0.25, 0.3) is 0 Å². The molecular formula is C21H25NO6. The Morgan fingerprint density at radius 2 is 1.64 bits per heavy atom. The van der Waals surface area contributed by atoms with Gasteiger partial charge in [-0.2, -0.15) is 0 Å². The maximum absolute atomic E-state index is 12.3. The van der Waals surface area contributed by atoms with Gasteiger partial charge >= 0.3 is 5.97 Å². The van der Waals surface area contributed by atoms with Gasteiger partial charge in [-0.15, -0.1) is 0 Å². The monoisotopic (exact) mass is 387 g/mol. The van der Waals surface area contributed by atoms with E-state index in [4.69, 9.17) is 18.9 Å². The van der Waals surface area contributed by atoms with Crippen molar-refractivity contribution in [2.45, 2.75) is 19.8 Å². The first-order valence-corrected chi connectivity index (χ1v) is 8.88. The number of hydrogen-bond acceptors (Lipinski definition) is 6. The van der Waals surface area contributed by atoms with Gasteiger partial charge in [-0.3, -0.25) is 4.79 Å². The summed E-state index contributed by atoms with van der Waals surface area (Å²) in [5.41, 5.74) is 1.81. The Kier molecular flexibility index (Phi) is 7.68. The SMILES string of the molecule is CCOC(=O)c1cccc(NC(=O)CCc2cc(OC)c(OC)c(OC)c2)c1. The predicted octanol–water partition coefficient (Wildman–Crippen LogP) is 3.46. The zero-order chi connectivity index (χ0) is 20.5. The number of benzene rings is 2. The molecule has 0 aliphatic rings. The molecule has 0 unspecified atom stereocenters. The van der Waals surface area contributed by atoms with Crippen LogP contribution in [0.3, 0.4) is 0 Å². The largest absolute Gasteiger partial charge is 0.493 e. The highest BCUT2D eigenvalue weighted by atomic mass is 16.5. The summed E-state index contributed by atoms with van der Waals surface area (Å²) in [4.78, 5) is 24.1. The lowest BCUT2D eigenvalue weighted by molar-refractivity contribution is -0.116. The van der Waals surface area contributed by atoms with Crippen LogP contribution in [0.15, 0.2) is 36.4 Å². The Hall–Kier alpha value is -3.22. The van der Waals surface area contributed by atoms with Crippen molar-refractivity contribution >= 4 is 17.6 Å². The van der Waals surface area contributed by atoms with E-state index < -0.39 is 5.97 Å². The predicted molar refractivity (Wildman–Crippen MR) is 105 cm³/mol. The number of anilines is 1. The van der Waals surface area contributed by atoms with E-state index in [-0.39, 0.29) is 12.3 Å². The molecule has 7 nitrogen and oxygen atoms in total. The molecule has 0 atom stereocenters. The maximum atomic E-state index is 12.3. The van der Waals surface area contributed by atoms with Crippen LogP contribution in [-0.4, -0.2) is 39.8 Å². The Morgan fingerprint density at radius 3 is 2.21 bits per heavy atom. The number of rotatable bonds is 9. The van der Waals surface area contributed by atoms with E-state index in [1.165, 1.54) is 7.11 Å². The molecule has 2 aromatic rings. The molecule has 0 saturated carbocycles. The van der Waals surface area contributed by atoms with Gasteiger partial charge in [0, 0.05) is 12.1 Å². The second-order valence-corrected chi connectivity index (χ2v) is 5.88. The number of methoxy groups -OCH3 is 3. The zero-order valence-corrected chi connectivity index (χ0v) is 16.5. The van der Waals surface area contributed by atoms with Crippen molar-refractivity contribution in [3.05, 3.63) is 47.5 Å². The van der Waals surface area contributed by atoms with E-state index in [2.05, 4.69) is 5.32 Å². The topological polar surface area (TPSA) is 83.1 Å². The van der Waals surface area contributed by atoms with Gasteiger partial charge in [0.1, 0.15) is 0 Å². The summed E-state index contributed by atoms with van der Waals surface area (Å²) >= 11 is 0. The van der Waals surface area contributed by atoms with E-state index >= 15 is 0 Å². The Bertz CT molecular complexity index is 808. The number of aryl methyl sites for hydroxylation is 1. The van der Waals surface area contributed by atoms with E-state index in [1.54, 1.807) is 45.4 Å². The van der Waals surface area contributed by atoms with Crippen molar-refractivity contribution in [1.82, 2.24) is 0 Å². The molecule has 0 bridgehead atoms. The lowest BCUT2D eigenvalue weighted by Gasteiger charge is -2.14. The third kappa shape index (κ3) is 5.39. The van der Waals surface area contributed by atoms with Gasteiger partial charge in [-0.05, 0) is 49.2 Å². The van der Waals surface area contributed by atoms with Gasteiger partial charge in [0.2, 0.25) is 11.7 Å². The number of ether oxygens (including phenoxy) is 4. The van der Waals surface area contributed by atoms with Crippen molar-refractivity contribution in [2.75, 3.05) is 33.3 Å². The third-order valence-corrected chi connectivity index (χ3v) is 4.02. The van der Waals surface area contributed by atoms with E-state index in [9.17, 15) is 9.59 Å². The molecule has 28 heavy (non-hydrogen) atoms. The van der Waals surface area contributed by atoms with Crippen LogP contribution >= 0.6 is 0 Å². The molecule has 2 aromatic carbocycles. The number of nitrogens with one attached hydrogen (secondary N) is 1. The summed E-state index contributed by atoms with van der Waals surface area (Å²) in [6.45, 7) is 2.04. The number of carbonyl (C=O) groups is 2. The molecule has 2 rings (SSSR count). The molecule has 1 N–H and O–H groups in total. The molecule has 0 radical (unpaired) electrons. The summed E-state index contributed by atoms with van der Waals surface area (Å²) in [5.74, 6) is 0.999. The smallest absolute Gasteiger partial charge is 0.338 e. The molecule has 0 aliphatic carbocycles. The summed E-state index contributed by atoms with van der Waals surface area (Å²) in [6, 6.07) is 10.3. The van der Waals surface area contributed by atoms with Crippen LogP contribution in [0.4, 0.5) is 5.69 Å². The molecule has 0 heterocycles. The second kappa shape index (κ2) is 10.2. The van der Waals surface area contributed by atoms with Crippen molar-refractivity contribution in [2.24, 2.45) is 0 Å². The van der Waals surface area contributed by atoms with Crippen LogP contribution in [0.5, 0.6) is 17.2 Å². The van der Waals surface area contributed by atoms with Gasteiger partial charge in [0.25, 0.3) is 0 Å². The van der Waals surface area contributed by atoms with Crippen LogP contribution in [-0.2, 0) is 16.0 Å². The fraction of sp³-hybridized carbons (Fsp3) is 0.333. The molecule has 7 heteroatoms. The molecule has 1 amide bonds. The minimum Gasteiger partial charge on any atom is -0.493 e. The van der Waals surface area contributed by atoms with Gasteiger partial charge in [-0.25, -0.2) is 4.79 Å². The number of carbonyl (C=O) groups excluding carboxylic acids is 2. The van der Waals surface area contributed by atoms with Crippen LogP contribution in [0, 0.1) is 0 Å². The second-order valence-electron chi connectivity index (χ2n) is 5.88. The molecule has 0 aromatic heterocycles. The van der Waals surface area contributed by atoms with Crippen LogP contribution in [0.1, 0.15) is 29.3 Å². The fourth-order valence-electron chi connectivity index (χ4n) is 2.70. The lowest BCUT2D eigenvalue weighted by atomic mass is 10.1. The molecule has 0 aliphatic heterocycles. The summed E-state index contributed by atoms with van der Waals surface area (Å²) in [6.07, 6.45) is 0.738. The Labute approximate surface area is 164 Å². The Morgan fingerprint density at radius 1 is 0.964 bits per heavy atom. The molecule has 0 saturated heterocycles. The summed E-state index contributed by atoms with van der Waals surface area (Å²) in [7, 11) is 4.63. The first kappa shape index (κ1) is 21.1. The highest BCUT2D eigenvalue weighted by Gasteiger charge is 2.14. The standard InChI is InChI=1S/C21H25NO6/c1-5-28-21(24)15-7-6-8-16(13-15)22-19(23)10-9-14-11-17(25-2)20(27-4)18(12-14)26-3/h6-8,11-13H,5,9-10H2,1-4H3,(H,22,23). The first-order chi connectivity index (χ1) is 13.5. The molecule has 0 spiro atoms. The zero-order valence-electron chi connectivity index (χ0n) is 16.5. The lowest BCUT2D eigenvalue weighted by Crippen LogP contribution is -2.13. The van der Waals surface area contributed by atoms with Crippen molar-refractivity contribution in [3.8, 4) is 17.2 Å². The van der Waals surface area contributed by atoms with Gasteiger partial charge in [0.15, 0.2) is 11.5 Å². The fourth-order valence-corrected chi connectivity index (χ4v) is 2.70. The van der Waals surface area contributed by atoms with Crippen LogP contribution in [0.2, 0.25) is 0 Å². The molecule has 0 fully saturated rings. The maximum Gasteiger partial charge on any atom is 0.338 e. The molecule has 150 valence electrons. The van der Waals surface area contributed by atoms with Crippen molar-refractivity contribution in [3.63, 3.8) is 0 Å². The minimum atomic E-state index is -0.420. The highest BCUT2D eigenvalue weighted by Crippen LogP contribution is 2.38. The number of hydrogen-bond donors (Lipinski definition) is 1. The average Bonchev–Trinajstić information content (AvgIpc) is 2.71. The van der Waals surface area contributed by atoms with E-state index in [1.807, 2.05) is 12.1 Å². The summed E-state index contributed by atoms with van der Waals surface area (Å²) in [5, 5.41) is 2.80. The van der Waals surface area contributed by atoms with E-state index in [0.29, 0.717) is 41.5 Å².